The summed E-state index contributed by atoms with van der Waals surface area (Å²) in [7, 11) is 0. The van der Waals surface area contributed by atoms with Crippen LogP contribution in [0.2, 0.25) is 0 Å². The zero-order valence-electron chi connectivity index (χ0n) is 18.9. The van der Waals surface area contributed by atoms with Crippen LogP contribution in [0.4, 0.5) is 0 Å². The van der Waals surface area contributed by atoms with Crippen molar-refractivity contribution in [3.63, 3.8) is 0 Å². The van der Waals surface area contributed by atoms with E-state index in [2.05, 4.69) is 43.0 Å². The standard InChI is InChI=1S/C25H26INO4S2/c1-5-9-27-24(28)22(33-25(27)32)15-18-13-20(26)23(21(14-18)29-6-2)31-11-10-30-19-8-7-16(3)17(4)12-19/h5,7-8,12-15H,1,6,9-11H2,2-4H3/b22-15-. The average Bonchev–Trinajstić information content (AvgIpc) is 3.03. The number of benzene rings is 2. The lowest BCUT2D eigenvalue weighted by Gasteiger charge is -2.15. The Morgan fingerprint density at radius 2 is 1.88 bits per heavy atom. The number of thiocarbonyl (C=S) groups is 1. The van der Waals surface area contributed by atoms with E-state index in [9.17, 15) is 4.79 Å². The van der Waals surface area contributed by atoms with Gasteiger partial charge >= 0.3 is 0 Å². The zero-order chi connectivity index (χ0) is 24.0. The summed E-state index contributed by atoms with van der Waals surface area (Å²) in [5.41, 5.74) is 3.27. The summed E-state index contributed by atoms with van der Waals surface area (Å²) in [4.78, 5) is 14.8. The van der Waals surface area contributed by atoms with Crippen LogP contribution < -0.4 is 14.2 Å². The SMILES string of the molecule is C=CCN1C(=O)/C(=C/c2cc(I)c(OCCOc3ccc(C)c(C)c3)c(OCC)c2)SC1=S. The molecule has 1 fully saturated rings. The molecule has 0 radical (unpaired) electrons. The summed E-state index contributed by atoms with van der Waals surface area (Å²) < 4.78 is 19.1. The van der Waals surface area contributed by atoms with E-state index in [1.807, 2.05) is 43.3 Å². The molecule has 0 spiro atoms. The van der Waals surface area contributed by atoms with Gasteiger partial charge < -0.3 is 14.2 Å². The summed E-state index contributed by atoms with van der Waals surface area (Å²) in [6.45, 7) is 11.4. The van der Waals surface area contributed by atoms with E-state index in [0.29, 0.717) is 47.1 Å². The Morgan fingerprint density at radius 3 is 2.58 bits per heavy atom. The molecule has 33 heavy (non-hydrogen) atoms. The summed E-state index contributed by atoms with van der Waals surface area (Å²) >= 11 is 8.83. The fourth-order valence-corrected chi connectivity index (χ4v) is 5.18. The monoisotopic (exact) mass is 595 g/mol. The first-order chi connectivity index (χ1) is 15.8. The minimum absolute atomic E-state index is 0.110. The van der Waals surface area contributed by atoms with Gasteiger partial charge in [0.1, 0.15) is 23.3 Å². The van der Waals surface area contributed by atoms with Crippen LogP contribution in [0, 0.1) is 17.4 Å². The Labute approximate surface area is 218 Å². The van der Waals surface area contributed by atoms with E-state index in [1.54, 1.807) is 11.0 Å². The van der Waals surface area contributed by atoms with Gasteiger partial charge in [-0.05, 0) is 90.4 Å². The molecule has 0 bridgehead atoms. The lowest BCUT2D eigenvalue weighted by atomic mass is 10.1. The van der Waals surface area contributed by atoms with Crippen LogP contribution in [0.25, 0.3) is 6.08 Å². The fraction of sp³-hybridized carbons (Fsp3) is 0.280. The largest absolute Gasteiger partial charge is 0.490 e. The molecular formula is C25H26INO4S2. The molecule has 1 heterocycles. The number of thioether (sulfide) groups is 1. The van der Waals surface area contributed by atoms with Crippen LogP contribution in [0.15, 0.2) is 47.9 Å². The molecule has 0 aromatic heterocycles. The zero-order valence-corrected chi connectivity index (χ0v) is 22.6. The van der Waals surface area contributed by atoms with Crippen molar-refractivity contribution in [3.8, 4) is 17.2 Å². The first-order valence-corrected chi connectivity index (χ1v) is 12.8. The number of nitrogens with zero attached hydrogens (tertiary/aromatic N) is 1. The molecule has 0 saturated carbocycles. The second-order valence-corrected chi connectivity index (χ2v) is 10.1. The van der Waals surface area contributed by atoms with Gasteiger partial charge in [0.05, 0.1) is 15.1 Å². The van der Waals surface area contributed by atoms with Crippen molar-refractivity contribution in [2.24, 2.45) is 0 Å². The third-order valence-corrected chi connectivity index (χ3v) is 7.07. The van der Waals surface area contributed by atoms with E-state index in [1.165, 1.54) is 22.9 Å². The van der Waals surface area contributed by atoms with Crippen LogP contribution >= 0.6 is 46.6 Å². The molecule has 1 aliphatic heterocycles. The minimum Gasteiger partial charge on any atom is -0.490 e. The number of carbonyl (C=O) groups is 1. The van der Waals surface area contributed by atoms with Gasteiger partial charge in [0.15, 0.2) is 11.5 Å². The second kappa shape index (κ2) is 11.9. The maximum absolute atomic E-state index is 12.6. The third-order valence-electron chi connectivity index (χ3n) is 4.89. The predicted octanol–water partition coefficient (Wildman–Crippen LogP) is 6.15. The Bertz CT molecular complexity index is 1100. The van der Waals surface area contributed by atoms with Gasteiger partial charge in [-0.15, -0.1) is 6.58 Å². The Hall–Kier alpha value is -2.04. The molecule has 5 nitrogen and oxygen atoms in total. The molecule has 3 rings (SSSR count). The predicted molar refractivity (Wildman–Crippen MR) is 147 cm³/mol. The molecule has 0 atom stereocenters. The van der Waals surface area contributed by atoms with Crippen molar-refractivity contribution >= 4 is 62.9 Å². The van der Waals surface area contributed by atoms with E-state index >= 15 is 0 Å². The van der Waals surface area contributed by atoms with Crippen molar-refractivity contribution in [1.29, 1.82) is 0 Å². The first kappa shape index (κ1) is 25.6. The summed E-state index contributed by atoms with van der Waals surface area (Å²) in [5, 5.41) is 0. The third kappa shape index (κ3) is 6.51. The molecule has 174 valence electrons. The summed E-state index contributed by atoms with van der Waals surface area (Å²) in [5.74, 6) is 2.01. The van der Waals surface area contributed by atoms with Crippen LogP contribution in [-0.4, -0.2) is 41.5 Å². The van der Waals surface area contributed by atoms with Gasteiger partial charge in [-0.2, -0.15) is 0 Å². The van der Waals surface area contributed by atoms with E-state index in [-0.39, 0.29) is 5.91 Å². The molecule has 2 aromatic rings. The average molecular weight is 596 g/mol. The van der Waals surface area contributed by atoms with Gasteiger partial charge in [0.2, 0.25) is 0 Å². The number of halogens is 1. The number of amides is 1. The molecule has 1 amide bonds. The normalized spacial score (nSPS) is 14.7. The molecular weight excluding hydrogens is 569 g/mol. The molecule has 1 aliphatic rings. The van der Waals surface area contributed by atoms with E-state index < -0.39 is 0 Å². The molecule has 0 unspecified atom stereocenters. The van der Waals surface area contributed by atoms with Crippen molar-refractivity contribution in [1.82, 2.24) is 4.90 Å². The Morgan fingerprint density at radius 1 is 1.12 bits per heavy atom. The quantitative estimate of drug-likeness (QED) is 0.108. The van der Waals surface area contributed by atoms with Crippen molar-refractivity contribution < 1.29 is 19.0 Å². The molecule has 2 aromatic carbocycles. The van der Waals surface area contributed by atoms with E-state index in [0.717, 1.165) is 14.9 Å². The number of rotatable bonds is 10. The number of hydrogen-bond donors (Lipinski definition) is 0. The maximum atomic E-state index is 12.6. The highest BCUT2D eigenvalue weighted by molar-refractivity contribution is 14.1. The number of carbonyl (C=O) groups excluding carboxylic acids is 1. The number of aryl methyl sites for hydroxylation is 2. The molecule has 0 N–H and O–H groups in total. The van der Waals surface area contributed by atoms with Crippen LogP contribution in [0.3, 0.4) is 0 Å². The fourth-order valence-electron chi connectivity index (χ4n) is 3.12. The smallest absolute Gasteiger partial charge is 0.266 e. The van der Waals surface area contributed by atoms with Gasteiger partial charge in [-0.1, -0.05) is 36.1 Å². The van der Waals surface area contributed by atoms with Crippen molar-refractivity contribution in [2.45, 2.75) is 20.8 Å². The second-order valence-electron chi connectivity index (χ2n) is 7.29. The highest BCUT2D eigenvalue weighted by Crippen LogP contribution is 2.37. The Kier molecular flexibility index (Phi) is 9.22. The topological polar surface area (TPSA) is 48.0 Å². The highest BCUT2D eigenvalue weighted by Gasteiger charge is 2.31. The number of hydrogen-bond acceptors (Lipinski definition) is 6. The molecule has 8 heteroatoms. The van der Waals surface area contributed by atoms with Gasteiger partial charge in [0, 0.05) is 6.54 Å². The molecule has 1 saturated heterocycles. The van der Waals surface area contributed by atoms with Crippen molar-refractivity contribution in [2.75, 3.05) is 26.4 Å². The molecule has 0 aliphatic carbocycles. The highest BCUT2D eigenvalue weighted by atomic mass is 127. The van der Waals surface area contributed by atoms with Gasteiger partial charge in [-0.3, -0.25) is 9.69 Å². The number of ether oxygens (including phenoxy) is 3. The van der Waals surface area contributed by atoms with Crippen molar-refractivity contribution in [3.05, 3.63) is 68.2 Å². The van der Waals surface area contributed by atoms with Crippen LogP contribution in [-0.2, 0) is 4.79 Å². The lowest BCUT2D eigenvalue weighted by Crippen LogP contribution is -2.27. The summed E-state index contributed by atoms with van der Waals surface area (Å²) in [6, 6.07) is 9.88. The van der Waals surface area contributed by atoms with Crippen LogP contribution in [0.1, 0.15) is 23.6 Å². The van der Waals surface area contributed by atoms with Gasteiger partial charge in [0.25, 0.3) is 5.91 Å². The first-order valence-electron chi connectivity index (χ1n) is 10.5. The van der Waals surface area contributed by atoms with Gasteiger partial charge in [-0.25, -0.2) is 0 Å². The van der Waals surface area contributed by atoms with Crippen LogP contribution in [0.5, 0.6) is 17.2 Å². The van der Waals surface area contributed by atoms with E-state index in [4.69, 9.17) is 26.4 Å². The minimum atomic E-state index is -0.110. The lowest BCUT2D eigenvalue weighted by molar-refractivity contribution is -0.121. The summed E-state index contributed by atoms with van der Waals surface area (Å²) in [6.07, 6.45) is 3.50. The maximum Gasteiger partial charge on any atom is 0.266 e. The Balaban J connectivity index is 1.71.